The van der Waals surface area contributed by atoms with Gasteiger partial charge in [0.2, 0.25) is 5.89 Å². The van der Waals surface area contributed by atoms with Crippen LogP contribution in [0.1, 0.15) is 42.1 Å². The van der Waals surface area contributed by atoms with E-state index in [9.17, 15) is 9.90 Å². The molecule has 1 atom stereocenters. The smallest absolute Gasteiger partial charge is 0.325 e. The Morgan fingerprint density at radius 3 is 2.65 bits per heavy atom. The zero-order valence-electron chi connectivity index (χ0n) is 12.8. The van der Waals surface area contributed by atoms with Crippen LogP contribution in [-0.2, 0) is 4.79 Å². The van der Waals surface area contributed by atoms with Gasteiger partial charge in [-0.25, -0.2) is 0 Å². The van der Waals surface area contributed by atoms with Crippen LogP contribution in [-0.4, -0.2) is 39.2 Å². The van der Waals surface area contributed by atoms with Crippen molar-refractivity contribution in [3.8, 4) is 0 Å². The van der Waals surface area contributed by atoms with Crippen LogP contribution in [0.2, 0.25) is 0 Å². The van der Waals surface area contributed by atoms with Gasteiger partial charge >= 0.3 is 5.97 Å². The lowest BCUT2D eigenvalue weighted by Crippen LogP contribution is -2.40. The summed E-state index contributed by atoms with van der Waals surface area (Å²) in [6, 6.07) is 6.84. The van der Waals surface area contributed by atoms with Crippen LogP contribution in [0.4, 0.5) is 0 Å². The minimum absolute atomic E-state index is 0.209. The van der Waals surface area contributed by atoms with Gasteiger partial charge in [0.05, 0.1) is 0 Å². The van der Waals surface area contributed by atoms with Gasteiger partial charge in [0.25, 0.3) is 0 Å². The number of nitrogens with zero attached hydrogens (tertiary/aromatic N) is 3. The van der Waals surface area contributed by atoms with Crippen LogP contribution in [0, 0.1) is 6.92 Å². The third-order valence-electron chi connectivity index (χ3n) is 4.22. The first-order valence-corrected chi connectivity index (χ1v) is 8.37. The van der Waals surface area contributed by atoms with E-state index in [1.54, 1.807) is 6.92 Å². The summed E-state index contributed by atoms with van der Waals surface area (Å²) < 4.78 is 6.07. The van der Waals surface area contributed by atoms with Crippen LogP contribution >= 0.6 is 15.9 Å². The number of hydrogen-bond donors (Lipinski definition) is 1. The van der Waals surface area contributed by atoms with Crippen molar-refractivity contribution in [2.24, 2.45) is 0 Å². The molecule has 1 aromatic carbocycles. The molecular formula is C16H18BrN3O3. The lowest BCUT2D eigenvalue weighted by atomic mass is 9.94. The lowest BCUT2D eigenvalue weighted by Gasteiger charge is -2.35. The van der Waals surface area contributed by atoms with E-state index in [0.717, 1.165) is 22.9 Å². The van der Waals surface area contributed by atoms with Gasteiger partial charge in [-0.2, -0.15) is 4.98 Å². The molecule has 1 aliphatic rings. The first-order valence-electron chi connectivity index (χ1n) is 7.57. The molecule has 122 valence electrons. The maximum absolute atomic E-state index is 11.8. The van der Waals surface area contributed by atoms with Crippen molar-refractivity contribution in [2.45, 2.75) is 31.7 Å². The molecule has 0 bridgehead atoms. The van der Waals surface area contributed by atoms with Gasteiger partial charge in [-0.1, -0.05) is 39.3 Å². The number of carbonyl (C=O) groups is 1. The maximum atomic E-state index is 11.8. The molecule has 7 heteroatoms. The second-order valence-corrected chi connectivity index (χ2v) is 6.61. The largest absolute Gasteiger partial charge is 0.480 e. The van der Waals surface area contributed by atoms with Crippen molar-refractivity contribution in [3.05, 3.63) is 46.0 Å². The van der Waals surface area contributed by atoms with Crippen LogP contribution in [0.25, 0.3) is 0 Å². The standard InChI is InChI=1S/C16H18BrN3O3/c1-10-18-15(23-19-10)11-6-8-20(9-7-11)14(16(21)22)12-4-2-3-5-13(12)17/h2-5,11,14H,6-9H2,1H3,(H,21,22). The molecule has 6 nitrogen and oxygen atoms in total. The highest BCUT2D eigenvalue weighted by Gasteiger charge is 2.33. The Hall–Kier alpha value is -1.73. The third kappa shape index (κ3) is 3.45. The molecule has 2 aromatic rings. The van der Waals surface area contributed by atoms with Crippen LogP contribution in [0.3, 0.4) is 0 Å². The number of rotatable bonds is 4. The van der Waals surface area contributed by atoms with E-state index in [2.05, 4.69) is 26.1 Å². The number of piperidine rings is 1. The number of aliphatic carboxylic acids is 1. The molecule has 0 aliphatic carbocycles. The summed E-state index contributed by atoms with van der Waals surface area (Å²) >= 11 is 3.46. The van der Waals surface area contributed by atoms with Crippen LogP contribution < -0.4 is 0 Å². The summed E-state index contributed by atoms with van der Waals surface area (Å²) in [4.78, 5) is 18.1. The highest BCUT2D eigenvalue weighted by atomic mass is 79.9. The first kappa shape index (κ1) is 16.1. The average molecular weight is 380 g/mol. The molecule has 1 aliphatic heterocycles. The van der Waals surface area contributed by atoms with Gasteiger partial charge in [-0.05, 0) is 31.4 Å². The van der Waals surface area contributed by atoms with Gasteiger partial charge in [0.15, 0.2) is 5.82 Å². The molecule has 1 unspecified atom stereocenters. The van der Waals surface area contributed by atoms with E-state index in [0.29, 0.717) is 24.8 Å². The monoisotopic (exact) mass is 379 g/mol. The summed E-state index contributed by atoms with van der Waals surface area (Å²) in [5, 5.41) is 13.5. The van der Waals surface area contributed by atoms with E-state index < -0.39 is 12.0 Å². The third-order valence-corrected chi connectivity index (χ3v) is 4.94. The van der Waals surface area contributed by atoms with E-state index in [4.69, 9.17) is 4.52 Å². The Balaban J connectivity index is 1.74. The lowest BCUT2D eigenvalue weighted by molar-refractivity contribution is -0.144. The molecule has 0 saturated carbocycles. The first-order chi connectivity index (χ1) is 11.1. The van der Waals surface area contributed by atoms with Crippen molar-refractivity contribution >= 4 is 21.9 Å². The van der Waals surface area contributed by atoms with Crippen molar-refractivity contribution < 1.29 is 14.4 Å². The second-order valence-electron chi connectivity index (χ2n) is 5.75. The second kappa shape index (κ2) is 6.80. The Morgan fingerprint density at radius 2 is 2.09 bits per heavy atom. The maximum Gasteiger partial charge on any atom is 0.325 e. The topological polar surface area (TPSA) is 79.5 Å². The minimum Gasteiger partial charge on any atom is -0.480 e. The van der Waals surface area contributed by atoms with Crippen LogP contribution in [0.5, 0.6) is 0 Å². The molecule has 0 spiro atoms. The Morgan fingerprint density at radius 1 is 1.39 bits per heavy atom. The van der Waals surface area contributed by atoms with E-state index in [-0.39, 0.29) is 5.92 Å². The molecule has 1 fully saturated rings. The Labute approximate surface area is 142 Å². The molecule has 1 aromatic heterocycles. The van der Waals surface area contributed by atoms with Gasteiger partial charge < -0.3 is 9.63 Å². The number of benzene rings is 1. The molecule has 2 heterocycles. The number of aryl methyl sites for hydroxylation is 1. The SMILES string of the molecule is Cc1noc(C2CCN(C(C(=O)O)c3ccccc3Br)CC2)n1. The summed E-state index contributed by atoms with van der Waals surface area (Å²) in [5.41, 5.74) is 0.784. The zero-order chi connectivity index (χ0) is 16.4. The summed E-state index contributed by atoms with van der Waals surface area (Å²) in [7, 11) is 0. The zero-order valence-corrected chi connectivity index (χ0v) is 14.4. The number of aromatic nitrogens is 2. The van der Waals surface area contributed by atoms with Gasteiger partial charge in [0, 0.05) is 23.5 Å². The van der Waals surface area contributed by atoms with Crippen molar-refractivity contribution in [1.29, 1.82) is 0 Å². The quantitative estimate of drug-likeness (QED) is 0.878. The molecule has 0 radical (unpaired) electrons. The highest BCUT2D eigenvalue weighted by molar-refractivity contribution is 9.10. The molecule has 0 amide bonds. The fraction of sp³-hybridized carbons (Fsp3) is 0.438. The summed E-state index contributed by atoms with van der Waals surface area (Å²) in [5.74, 6) is 0.680. The van der Waals surface area contributed by atoms with Crippen molar-refractivity contribution in [2.75, 3.05) is 13.1 Å². The van der Waals surface area contributed by atoms with Gasteiger partial charge in [-0.15, -0.1) is 0 Å². The van der Waals surface area contributed by atoms with Crippen molar-refractivity contribution in [3.63, 3.8) is 0 Å². The number of carboxylic acid groups (broad SMARTS) is 1. The van der Waals surface area contributed by atoms with Crippen molar-refractivity contribution in [1.82, 2.24) is 15.0 Å². The van der Waals surface area contributed by atoms with Crippen LogP contribution in [0.15, 0.2) is 33.3 Å². The number of likely N-dealkylation sites (tertiary alicyclic amines) is 1. The summed E-state index contributed by atoms with van der Waals surface area (Å²) in [6.45, 7) is 3.17. The summed E-state index contributed by atoms with van der Waals surface area (Å²) in [6.07, 6.45) is 1.63. The molecular weight excluding hydrogens is 362 g/mol. The molecule has 23 heavy (non-hydrogen) atoms. The molecule has 1 N–H and O–H groups in total. The predicted molar refractivity (Wildman–Crippen MR) is 87.1 cm³/mol. The normalized spacial score (nSPS) is 18.0. The van der Waals surface area contributed by atoms with Gasteiger partial charge in [0.1, 0.15) is 6.04 Å². The van der Waals surface area contributed by atoms with E-state index in [1.165, 1.54) is 0 Å². The fourth-order valence-corrected chi connectivity index (χ4v) is 3.57. The number of halogens is 1. The van der Waals surface area contributed by atoms with E-state index in [1.807, 2.05) is 29.2 Å². The number of carboxylic acids is 1. The minimum atomic E-state index is -0.830. The van der Waals surface area contributed by atoms with E-state index >= 15 is 0 Å². The predicted octanol–water partition coefficient (Wildman–Crippen LogP) is 3.15. The molecule has 1 saturated heterocycles. The Bertz CT molecular complexity index is 695. The Kier molecular flexibility index (Phi) is 4.77. The fourth-order valence-electron chi connectivity index (χ4n) is 3.07. The van der Waals surface area contributed by atoms with Gasteiger partial charge in [-0.3, -0.25) is 9.69 Å². The molecule has 3 rings (SSSR count). The number of hydrogen-bond acceptors (Lipinski definition) is 5. The average Bonchev–Trinajstić information content (AvgIpc) is 2.96. The highest BCUT2D eigenvalue weighted by Crippen LogP contribution is 2.34.